The predicted octanol–water partition coefficient (Wildman–Crippen LogP) is 8.37. The van der Waals surface area contributed by atoms with Gasteiger partial charge in [-0.15, -0.1) is 0 Å². The number of benzene rings is 1. The van der Waals surface area contributed by atoms with E-state index in [0.717, 1.165) is 13.9 Å². The van der Waals surface area contributed by atoms with E-state index >= 15 is 0 Å². The summed E-state index contributed by atoms with van der Waals surface area (Å²) in [4.78, 5) is 0. The molecule has 0 aliphatic heterocycles. The molecule has 0 unspecified atom stereocenters. The van der Waals surface area contributed by atoms with Crippen molar-refractivity contribution >= 4 is 64.2 Å². The van der Waals surface area contributed by atoms with Crippen molar-refractivity contribution in [3.05, 3.63) is 25.7 Å². The van der Waals surface area contributed by atoms with E-state index in [-0.39, 0.29) is 0 Å². The van der Waals surface area contributed by atoms with Crippen molar-refractivity contribution < 1.29 is 4.74 Å². The first kappa shape index (κ1) is 23.2. The molecule has 0 saturated carbocycles. The molecule has 1 aromatic rings. The summed E-state index contributed by atoms with van der Waals surface area (Å²) in [5, 5.41) is 1.19. The SMILES string of the molecule is CCC[CH2][Sn]([CH2]CCC)([CH2]CCC)[CH2]Oc1cc(Cl)c(Cl)cc1I. The van der Waals surface area contributed by atoms with Gasteiger partial charge in [0.05, 0.1) is 0 Å². The minimum atomic E-state index is -2.26. The van der Waals surface area contributed by atoms with Crippen LogP contribution in [0.4, 0.5) is 0 Å². The molecule has 0 radical (unpaired) electrons. The van der Waals surface area contributed by atoms with Crippen LogP contribution < -0.4 is 4.74 Å². The third-order valence-electron chi connectivity index (χ3n) is 4.69. The van der Waals surface area contributed by atoms with Crippen molar-refractivity contribution in [3.8, 4) is 5.75 Å². The van der Waals surface area contributed by atoms with E-state index < -0.39 is 18.4 Å². The molecule has 0 saturated heterocycles. The van der Waals surface area contributed by atoms with Gasteiger partial charge >= 0.3 is 178 Å². The predicted molar refractivity (Wildman–Crippen MR) is 120 cm³/mol. The summed E-state index contributed by atoms with van der Waals surface area (Å²) < 4.78 is 12.8. The van der Waals surface area contributed by atoms with Crippen molar-refractivity contribution in [1.82, 2.24) is 0 Å². The molecular weight excluding hydrogens is 561 g/mol. The normalized spacial score (nSPS) is 11.8. The molecule has 0 N–H and O–H groups in total. The number of hydrogen-bond donors (Lipinski definition) is 0. The summed E-state index contributed by atoms with van der Waals surface area (Å²) in [5.74, 6) is 0.913. The van der Waals surface area contributed by atoms with Gasteiger partial charge in [-0.2, -0.15) is 0 Å². The van der Waals surface area contributed by atoms with E-state index in [1.54, 1.807) is 0 Å². The first-order valence-electron chi connectivity index (χ1n) is 9.25. The maximum atomic E-state index is 6.37. The van der Waals surface area contributed by atoms with Gasteiger partial charge in [-0.25, -0.2) is 0 Å². The average Bonchev–Trinajstić information content (AvgIpc) is 2.57. The van der Waals surface area contributed by atoms with E-state index in [1.165, 1.54) is 51.8 Å². The van der Waals surface area contributed by atoms with Crippen LogP contribution in [-0.4, -0.2) is 23.0 Å². The van der Waals surface area contributed by atoms with E-state index in [1.807, 2.05) is 12.1 Å². The molecule has 0 atom stereocenters. The van der Waals surface area contributed by atoms with Gasteiger partial charge in [0.15, 0.2) is 0 Å². The summed E-state index contributed by atoms with van der Waals surface area (Å²) in [6, 6.07) is 3.79. The van der Waals surface area contributed by atoms with E-state index in [9.17, 15) is 0 Å². The number of ether oxygens (including phenoxy) is 1. The molecule has 1 nitrogen and oxygen atoms in total. The van der Waals surface area contributed by atoms with Gasteiger partial charge in [-0.1, -0.05) is 0 Å². The van der Waals surface area contributed by atoms with Crippen LogP contribution in [0.5, 0.6) is 5.75 Å². The fraction of sp³-hybridized carbons (Fsp3) is 0.684. The van der Waals surface area contributed by atoms with Crippen LogP contribution in [0.2, 0.25) is 23.4 Å². The maximum absolute atomic E-state index is 6.37. The summed E-state index contributed by atoms with van der Waals surface area (Å²) in [5.41, 5.74) is 0. The molecule has 0 bridgehead atoms. The van der Waals surface area contributed by atoms with Crippen LogP contribution in [0.15, 0.2) is 12.1 Å². The van der Waals surface area contributed by atoms with Gasteiger partial charge in [0.25, 0.3) is 0 Å². The molecule has 0 aliphatic rings. The van der Waals surface area contributed by atoms with Gasteiger partial charge in [-0.3, -0.25) is 0 Å². The zero-order valence-electron chi connectivity index (χ0n) is 15.3. The fourth-order valence-corrected chi connectivity index (χ4v) is 18.4. The molecule has 5 heteroatoms. The van der Waals surface area contributed by atoms with Crippen molar-refractivity contribution in [2.75, 3.05) is 4.62 Å². The third-order valence-corrected chi connectivity index (χ3v) is 20.5. The molecule has 0 heterocycles. The van der Waals surface area contributed by atoms with Gasteiger partial charge in [-0.05, 0) is 0 Å². The molecule has 0 spiro atoms. The Morgan fingerprint density at radius 1 is 0.875 bits per heavy atom. The quantitative estimate of drug-likeness (QED) is 0.135. The van der Waals surface area contributed by atoms with Crippen LogP contribution in [0.1, 0.15) is 59.3 Å². The van der Waals surface area contributed by atoms with Crippen molar-refractivity contribution in [2.24, 2.45) is 0 Å². The standard InChI is InChI=1S/C7H4Cl2IO.3C4H9.Sn/c1-11-7-3-5(9)4(8)2-6(7)10;3*1-3-4-2;/h2-3H,1H2;3*1,3-4H2,2H3;. The Kier molecular flexibility index (Phi) is 12.1. The monoisotopic (exact) mass is 592 g/mol. The molecule has 0 aromatic heterocycles. The van der Waals surface area contributed by atoms with Gasteiger partial charge in [0.1, 0.15) is 0 Å². The van der Waals surface area contributed by atoms with Crippen molar-refractivity contribution in [1.29, 1.82) is 0 Å². The zero-order valence-corrected chi connectivity index (χ0v) is 21.8. The summed E-state index contributed by atoms with van der Waals surface area (Å²) >= 11 is 12.3. The van der Waals surface area contributed by atoms with Crippen LogP contribution in [0, 0.1) is 3.57 Å². The number of hydrogen-bond acceptors (Lipinski definition) is 1. The van der Waals surface area contributed by atoms with Gasteiger partial charge in [0.2, 0.25) is 0 Å². The minimum absolute atomic E-state index is 0.587. The number of unbranched alkanes of at least 4 members (excludes halogenated alkanes) is 3. The van der Waals surface area contributed by atoms with Gasteiger partial charge < -0.3 is 0 Å². The fourth-order valence-electron chi connectivity index (χ4n) is 3.09. The molecule has 0 amide bonds. The van der Waals surface area contributed by atoms with Crippen molar-refractivity contribution in [3.63, 3.8) is 0 Å². The molecule has 0 fully saturated rings. The molecule has 1 rings (SSSR count). The Hall–Kier alpha value is 1.13. The van der Waals surface area contributed by atoms with Crippen LogP contribution >= 0.6 is 45.8 Å². The van der Waals surface area contributed by atoms with Crippen LogP contribution in [0.3, 0.4) is 0 Å². The molecule has 0 aliphatic carbocycles. The Balaban J connectivity index is 2.90. The van der Waals surface area contributed by atoms with E-state index in [2.05, 4.69) is 43.4 Å². The second-order valence-corrected chi connectivity index (χ2v) is 22.4. The Morgan fingerprint density at radius 2 is 1.33 bits per heavy atom. The van der Waals surface area contributed by atoms with Crippen LogP contribution in [-0.2, 0) is 0 Å². The molecule has 1 aromatic carbocycles. The average molecular weight is 592 g/mol. The Bertz CT molecular complexity index is 475. The first-order chi connectivity index (χ1) is 11.5. The second-order valence-electron chi connectivity index (χ2n) is 6.80. The molecular formula is C19H31Cl2IOSn. The number of rotatable bonds is 12. The second kappa shape index (κ2) is 12.5. The van der Waals surface area contributed by atoms with Gasteiger partial charge in [0, 0.05) is 0 Å². The Labute approximate surface area is 176 Å². The van der Waals surface area contributed by atoms with Crippen LogP contribution in [0.25, 0.3) is 0 Å². The Morgan fingerprint density at radius 3 is 1.79 bits per heavy atom. The van der Waals surface area contributed by atoms with E-state index in [0.29, 0.717) is 10.0 Å². The summed E-state index contributed by atoms with van der Waals surface area (Å²) in [6.07, 6.45) is 7.98. The summed E-state index contributed by atoms with van der Waals surface area (Å²) in [7, 11) is 0. The van der Waals surface area contributed by atoms with Crippen molar-refractivity contribution in [2.45, 2.75) is 72.6 Å². The third kappa shape index (κ3) is 7.79. The first-order valence-corrected chi connectivity index (χ1v) is 19.2. The zero-order chi connectivity index (χ0) is 18.0. The molecule has 24 heavy (non-hydrogen) atoms. The topological polar surface area (TPSA) is 9.23 Å². The summed E-state index contributed by atoms with van der Waals surface area (Å²) in [6.45, 7) is 6.91. The van der Waals surface area contributed by atoms with E-state index in [4.69, 9.17) is 27.9 Å². The number of halogens is 3. The molecule has 138 valence electrons.